The molecule has 0 atom stereocenters. The zero-order chi connectivity index (χ0) is 12.7. The topological polar surface area (TPSA) is 46.2 Å². The lowest BCUT2D eigenvalue weighted by atomic mass is 10.1. The summed E-state index contributed by atoms with van der Waals surface area (Å²) in [5.41, 5.74) is 2.39. The molecule has 0 aliphatic heterocycles. The zero-order valence-corrected chi connectivity index (χ0v) is 10.5. The van der Waals surface area contributed by atoms with Crippen LogP contribution in [-0.2, 0) is 16.0 Å². The molecule has 3 heteroatoms. The molecular formula is C14H19NO2. The number of hydrogen-bond acceptors (Lipinski definition) is 2. The van der Waals surface area contributed by atoms with E-state index in [4.69, 9.17) is 0 Å². The van der Waals surface area contributed by atoms with E-state index < -0.39 is 0 Å². The van der Waals surface area contributed by atoms with Crippen LogP contribution in [0.25, 0.3) is 0 Å². The lowest BCUT2D eigenvalue weighted by Gasteiger charge is -2.04. The summed E-state index contributed by atoms with van der Waals surface area (Å²) in [5.74, 6) is 0.107. The number of nitrogens with one attached hydrogen (secondary N) is 1. The Bertz CT molecular complexity index is 382. The molecule has 3 nitrogen and oxygen atoms in total. The number of ketones is 1. The number of hydrogen-bond donors (Lipinski definition) is 1. The van der Waals surface area contributed by atoms with Gasteiger partial charge >= 0.3 is 0 Å². The first kappa shape index (κ1) is 13.4. The number of Topliss-reactive ketones (excluding diaryl/α,β-unsaturated/α-hetero) is 1. The molecular weight excluding hydrogens is 214 g/mol. The van der Waals surface area contributed by atoms with Crippen molar-refractivity contribution in [3.63, 3.8) is 0 Å². The molecule has 0 fully saturated rings. The van der Waals surface area contributed by atoms with Crippen LogP contribution in [0.5, 0.6) is 0 Å². The Morgan fingerprint density at radius 3 is 2.35 bits per heavy atom. The van der Waals surface area contributed by atoms with Crippen LogP contribution in [0.1, 0.15) is 30.9 Å². The predicted molar refractivity (Wildman–Crippen MR) is 67.8 cm³/mol. The van der Waals surface area contributed by atoms with Gasteiger partial charge in [-0.1, -0.05) is 29.8 Å². The number of benzene rings is 1. The van der Waals surface area contributed by atoms with Gasteiger partial charge < -0.3 is 5.32 Å². The lowest BCUT2D eigenvalue weighted by molar-refractivity contribution is -0.121. The Morgan fingerprint density at radius 2 is 1.76 bits per heavy atom. The van der Waals surface area contributed by atoms with Crippen molar-refractivity contribution in [2.45, 2.75) is 33.1 Å². The summed E-state index contributed by atoms with van der Waals surface area (Å²) in [6.45, 7) is 4.01. The van der Waals surface area contributed by atoms with Crippen molar-refractivity contribution in [3.05, 3.63) is 35.4 Å². The Balaban J connectivity index is 2.23. The first-order chi connectivity index (χ1) is 8.08. The van der Waals surface area contributed by atoms with Crippen LogP contribution in [-0.4, -0.2) is 18.2 Å². The minimum Gasteiger partial charge on any atom is -0.356 e. The van der Waals surface area contributed by atoms with Crippen LogP contribution in [0.3, 0.4) is 0 Å². The van der Waals surface area contributed by atoms with Crippen LogP contribution in [0.15, 0.2) is 24.3 Å². The fourth-order valence-electron chi connectivity index (χ4n) is 1.48. The molecule has 0 aliphatic carbocycles. The van der Waals surface area contributed by atoms with Gasteiger partial charge in [0.1, 0.15) is 5.78 Å². The Labute approximate surface area is 102 Å². The Morgan fingerprint density at radius 1 is 1.12 bits per heavy atom. The van der Waals surface area contributed by atoms with Crippen LogP contribution < -0.4 is 5.32 Å². The maximum Gasteiger partial charge on any atom is 0.220 e. The van der Waals surface area contributed by atoms with Crippen LogP contribution in [0, 0.1) is 6.92 Å². The van der Waals surface area contributed by atoms with Crippen molar-refractivity contribution < 1.29 is 9.59 Å². The third-order valence-electron chi connectivity index (χ3n) is 2.56. The quantitative estimate of drug-likeness (QED) is 0.817. The van der Waals surface area contributed by atoms with Gasteiger partial charge in [-0.05, 0) is 25.8 Å². The molecule has 1 N–H and O–H groups in total. The van der Waals surface area contributed by atoms with Gasteiger partial charge in [0.05, 0.1) is 0 Å². The average molecular weight is 233 g/mol. The number of amides is 1. The molecule has 0 bridgehead atoms. The number of carbonyl (C=O) groups is 2. The lowest BCUT2D eigenvalue weighted by Crippen LogP contribution is -2.25. The molecule has 0 aliphatic rings. The largest absolute Gasteiger partial charge is 0.356 e. The van der Waals surface area contributed by atoms with Gasteiger partial charge in [-0.15, -0.1) is 0 Å². The van der Waals surface area contributed by atoms with Gasteiger partial charge in [0.15, 0.2) is 0 Å². The van der Waals surface area contributed by atoms with E-state index in [2.05, 4.69) is 5.32 Å². The molecule has 17 heavy (non-hydrogen) atoms. The normalized spacial score (nSPS) is 10.0. The molecule has 0 radical (unpaired) electrons. The molecule has 1 aromatic carbocycles. The monoisotopic (exact) mass is 233 g/mol. The van der Waals surface area contributed by atoms with Gasteiger partial charge in [-0.2, -0.15) is 0 Å². The van der Waals surface area contributed by atoms with Crippen molar-refractivity contribution in [1.82, 2.24) is 5.32 Å². The fraction of sp³-hybridized carbons (Fsp3) is 0.429. The molecule has 92 valence electrons. The molecule has 0 spiro atoms. The highest BCUT2D eigenvalue weighted by molar-refractivity contribution is 5.78. The Kier molecular flexibility index (Phi) is 5.40. The maximum atomic E-state index is 11.4. The average Bonchev–Trinajstić information content (AvgIpc) is 2.28. The number of rotatable bonds is 6. The van der Waals surface area contributed by atoms with E-state index in [1.54, 1.807) is 0 Å². The molecule has 1 rings (SSSR count). The highest BCUT2D eigenvalue weighted by atomic mass is 16.1. The van der Waals surface area contributed by atoms with Crippen molar-refractivity contribution in [3.8, 4) is 0 Å². The third kappa shape index (κ3) is 5.85. The highest BCUT2D eigenvalue weighted by Crippen LogP contribution is 2.05. The van der Waals surface area contributed by atoms with Crippen LogP contribution in [0.2, 0.25) is 0 Å². The maximum absolute atomic E-state index is 11.4. The van der Waals surface area contributed by atoms with Crippen LogP contribution in [0.4, 0.5) is 0 Å². The minimum absolute atomic E-state index is 0.00632. The van der Waals surface area contributed by atoms with E-state index in [-0.39, 0.29) is 11.7 Å². The summed E-state index contributed by atoms with van der Waals surface area (Å²) in [4.78, 5) is 22.1. The van der Waals surface area contributed by atoms with E-state index in [0.717, 1.165) is 12.0 Å². The summed E-state index contributed by atoms with van der Waals surface area (Å²) in [5, 5.41) is 2.74. The van der Waals surface area contributed by atoms with Crippen LogP contribution >= 0.6 is 0 Å². The minimum atomic E-state index is 0.00632. The van der Waals surface area contributed by atoms with Gasteiger partial charge in [0.2, 0.25) is 5.91 Å². The van der Waals surface area contributed by atoms with Crippen molar-refractivity contribution in [1.29, 1.82) is 0 Å². The predicted octanol–water partition coefficient (Wildman–Crippen LogP) is 2.02. The van der Waals surface area contributed by atoms with Crippen molar-refractivity contribution in [2.24, 2.45) is 0 Å². The second kappa shape index (κ2) is 6.84. The van der Waals surface area contributed by atoms with Crippen molar-refractivity contribution in [2.75, 3.05) is 6.54 Å². The molecule has 0 aromatic heterocycles. The number of carbonyl (C=O) groups excluding carboxylic acids is 2. The summed E-state index contributed by atoms with van der Waals surface area (Å²) in [6.07, 6.45) is 1.63. The third-order valence-corrected chi connectivity index (χ3v) is 2.56. The van der Waals surface area contributed by atoms with E-state index in [1.165, 1.54) is 12.5 Å². The summed E-state index contributed by atoms with van der Waals surface area (Å²) in [7, 11) is 0. The highest BCUT2D eigenvalue weighted by Gasteiger charge is 2.02. The SMILES string of the molecule is CC(=O)CCNC(=O)CCc1ccc(C)cc1. The molecule has 0 saturated carbocycles. The molecule has 1 aromatic rings. The van der Waals surface area contributed by atoms with E-state index >= 15 is 0 Å². The molecule has 0 heterocycles. The first-order valence-electron chi connectivity index (χ1n) is 5.89. The van der Waals surface area contributed by atoms with Gasteiger partial charge in [0, 0.05) is 19.4 Å². The standard InChI is InChI=1S/C14H19NO2/c1-11-3-5-13(6-4-11)7-8-14(17)15-10-9-12(2)16/h3-6H,7-10H2,1-2H3,(H,15,17). The zero-order valence-electron chi connectivity index (χ0n) is 10.5. The second-order valence-corrected chi connectivity index (χ2v) is 4.29. The summed E-state index contributed by atoms with van der Waals surface area (Å²) in [6, 6.07) is 8.17. The molecule has 0 saturated heterocycles. The van der Waals surface area contributed by atoms with E-state index in [0.29, 0.717) is 19.4 Å². The summed E-state index contributed by atoms with van der Waals surface area (Å²) < 4.78 is 0. The first-order valence-corrected chi connectivity index (χ1v) is 5.89. The van der Waals surface area contributed by atoms with Gasteiger partial charge in [-0.3, -0.25) is 9.59 Å². The van der Waals surface area contributed by atoms with Crippen molar-refractivity contribution >= 4 is 11.7 Å². The molecule has 1 amide bonds. The van der Waals surface area contributed by atoms with Gasteiger partial charge in [0.25, 0.3) is 0 Å². The Hall–Kier alpha value is -1.64. The molecule has 0 unspecified atom stereocenters. The fourth-order valence-corrected chi connectivity index (χ4v) is 1.48. The van der Waals surface area contributed by atoms with E-state index in [9.17, 15) is 9.59 Å². The number of aryl methyl sites for hydroxylation is 2. The second-order valence-electron chi connectivity index (χ2n) is 4.29. The van der Waals surface area contributed by atoms with Gasteiger partial charge in [-0.25, -0.2) is 0 Å². The summed E-state index contributed by atoms with van der Waals surface area (Å²) >= 11 is 0. The smallest absolute Gasteiger partial charge is 0.220 e. The van der Waals surface area contributed by atoms with E-state index in [1.807, 2.05) is 31.2 Å².